The van der Waals surface area contributed by atoms with Gasteiger partial charge in [0, 0.05) is 0 Å². The van der Waals surface area contributed by atoms with Crippen LogP contribution in [0.3, 0.4) is 0 Å². The van der Waals surface area contributed by atoms with Crippen molar-refractivity contribution >= 4 is 6.08 Å². The van der Waals surface area contributed by atoms with Crippen LogP contribution < -0.4 is 0 Å². The summed E-state index contributed by atoms with van der Waals surface area (Å²) in [5, 5.41) is 0. The molecule has 0 nitrogen and oxygen atoms in total. The van der Waals surface area contributed by atoms with Gasteiger partial charge in [-0.3, -0.25) is 0 Å². The third-order valence-corrected chi connectivity index (χ3v) is 2.65. The van der Waals surface area contributed by atoms with Crippen LogP contribution in [0.25, 0.3) is 6.08 Å². The molecule has 0 heteroatoms. The zero-order chi connectivity index (χ0) is 11.2. The molecule has 1 radical (unpaired) electrons. The normalized spacial score (nSPS) is 12.8. The highest BCUT2D eigenvalue weighted by Crippen LogP contribution is 2.17. The van der Waals surface area contributed by atoms with Crippen molar-refractivity contribution in [2.45, 2.75) is 12.8 Å². The van der Waals surface area contributed by atoms with E-state index in [4.69, 9.17) is 0 Å². The van der Waals surface area contributed by atoms with Crippen molar-refractivity contribution in [2.24, 2.45) is 0 Å². The molecule has 0 heterocycles. The van der Waals surface area contributed by atoms with E-state index in [0.717, 1.165) is 0 Å². The average molecular weight is 207 g/mol. The van der Waals surface area contributed by atoms with Crippen molar-refractivity contribution in [3.8, 4) is 0 Å². The van der Waals surface area contributed by atoms with Gasteiger partial charge in [-0.1, -0.05) is 73.7 Å². The van der Waals surface area contributed by atoms with Gasteiger partial charge >= 0.3 is 0 Å². The quantitative estimate of drug-likeness (QED) is 0.703. The van der Waals surface area contributed by atoms with Crippen molar-refractivity contribution < 1.29 is 0 Å². The first-order valence-electron chi connectivity index (χ1n) is 5.55. The summed E-state index contributed by atoms with van der Waals surface area (Å²) in [5.41, 5.74) is 2.57. The maximum atomic E-state index is 3.04. The molecule has 0 aliphatic heterocycles. The van der Waals surface area contributed by atoms with Crippen molar-refractivity contribution in [3.63, 3.8) is 0 Å². The van der Waals surface area contributed by atoms with Gasteiger partial charge in [-0.15, -0.1) is 0 Å². The van der Waals surface area contributed by atoms with E-state index in [1.165, 1.54) is 11.1 Å². The first-order valence-corrected chi connectivity index (χ1v) is 5.55. The van der Waals surface area contributed by atoms with Crippen LogP contribution in [0.1, 0.15) is 24.0 Å². The second-order valence-electron chi connectivity index (χ2n) is 3.89. The van der Waals surface area contributed by atoms with Gasteiger partial charge in [0.05, 0.1) is 0 Å². The minimum absolute atomic E-state index is 0.440. The minimum Gasteiger partial charge on any atom is -0.0767 e. The van der Waals surface area contributed by atoms with Gasteiger partial charge in [0.15, 0.2) is 0 Å². The Labute approximate surface area is 97.3 Å². The maximum Gasteiger partial charge on any atom is -0.000710 e. The minimum atomic E-state index is 0.440. The van der Waals surface area contributed by atoms with Gasteiger partial charge in [-0.25, -0.2) is 0 Å². The fourth-order valence-corrected chi connectivity index (χ4v) is 1.63. The molecule has 1 atom stereocenters. The molecule has 0 saturated heterocycles. The molecule has 0 amide bonds. The number of benzene rings is 2. The van der Waals surface area contributed by atoms with Crippen LogP contribution >= 0.6 is 0 Å². The highest BCUT2D eigenvalue weighted by atomic mass is 14.0. The molecule has 2 aromatic carbocycles. The van der Waals surface area contributed by atoms with Crippen LogP contribution in [0.15, 0.2) is 60.7 Å². The topological polar surface area (TPSA) is 0 Å². The fourth-order valence-electron chi connectivity index (χ4n) is 1.63. The Balaban J connectivity index is 2.08. The standard InChI is InChI=1S/C16H15/c1-14(16-10-6-3-7-11-16)12-13-15-8-4-2-5-9-15/h2,4-14H,1H3/b13-12+. The number of rotatable bonds is 3. The molecule has 2 aromatic rings. The number of allylic oxidation sites excluding steroid dienone is 1. The van der Waals surface area contributed by atoms with Gasteiger partial charge in [0.2, 0.25) is 0 Å². The van der Waals surface area contributed by atoms with E-state index < -0.39 is 0 Å². The maximum absolute atomic E-state index is 3.04. The predicted molar refractivity (Wildman–Crippen MR) is 69.2 cm³/mol. The molecule has 1 unspecified atom stereocenters. The molecule has 2 rings (SSSR count). The molecule has 0 fully saturated rings. The van der Waals surface area contributed by atoms with Gasteiger partial charge in [0.1, 0.15) is 0 Å². The van der Waals surface area contributed by atoms with Crippen LogP contribution in [0, 0.1) is 6.07 Å². The van der Waals surface area contributed by atoms with E-state index in [2.05, 4.69) is 61.5 Å². The van der Waals surface area contributed by atoms with Crippen LogP contribution in [0.5, 0.6) is 0 Å². The van der Waals surface area contributed by atoms with Crippen molar-refractivity contribution in [1.82, 2.24) is 0 Å². The monoisotopic (exact) mass is 207 g/mol. The summed E-state index contributed by atoms with van der Waals surface area (Å²) < 4.78 is 0. The SMILES string of the molecule is CC(/C=C/c1ccccc1)c1cc[c]cc1. The summed E-state index contributed by atoms with van der Waals surface area (Å²) in [6.07, 6.45) is 4.39. The largest absolute Gasteiger partial charge is 0.0767 e. The molecule has 0 aliphatic carbocycles. The third kappa shape index (κ3) is 2.83. The van der Waals surface area contributed by atoms with E-state index in [9.17, 15) is 0 Å². The number of hydrogen-bond donors (Lipinski definition) is 0. The van der Waals surface area contributed by atoms with Crippen LogP contribution in [0.4, 0.5) is 0 Å². The Bertz CT molecular complexity index is 440. The van der Waals surface area contributed by atoms with Gasteiger partial charge in [0.25, 0.3) is 0 Å². The average Bonchev–Trinajstić information content (AvgIpc) is 2.38. The molecule has 0 bridgehead atoms. The summed E-state index contributed by atoms with van der Waals surface area (Å²) in [4.78, 5) is 0. The lowest BCUT2D eigenvalue weighted by atomic mass is 10.00. The Hall–Kier alpha value is -1.82. The smallest absolute Gasteiger partial charge is 0.000710 e. The molecular formula is C16H15. The third-order valence-electron chi connectivity index (χ3n) is 2.65. The Morgan fingerprint density at radius 3 is 2.38 bits per heavy atom. The predicted octanol–water partition coefficient (Wildman–Crippen LogP) is 4.30. The van der Waals surface area contributed by atoms with Gasteiger partial charge in [-0.05, 0) is 23.1 Å². The summed E-state index contributed by atoms with van der Waals surface area (Å²) in [6, 6.07) is 21.6. The van der Waals surface area contributed by atoms with Gasteiger partial charge < -0.3 is 0 Å². The van der Waals surface area contributed by atoms with E-state index in [1.54, 1.807) is 0 Å². The highest BCUT2D eigenvalue weighted by molar-refractivity contribution is 5.50. The second-order valence-corrected chi connectivity index (χ2v) is 3.89. The van der Waals surface area contributed by atoms with E-state index in [0.29, 0.717) is 5.92 Å². The van der Waals surface area contributed by atoms with E-state index >= 15 is 0 Å². The molecular weight excluding hydrogens is 192 g/mol. The Kier molecular flexibility index (Phi) is 3.55. The summed E-state index contributed by atoms with van der Waals surface area (Å²) in [5.74, 6) is 0.440. The summed E-state index contributed by atoms with van der Waals surface area (Å²) in [7, 11) is 0. The first kappa shape index (κ1) is 10.7. The Morgan fingerprint density at radius 1 is 1.00 bits per heavy atom. The van der Waals surface area contributed by atoms with E-state index in [-0.39, 0.29) is 0 Å². The van der Waals surface area contributed by atoms with E-state index in [1.807, 2.05) is 18.2 Å². The van der Waals surface area contributed by atoms with Gasteiger partial charge in [-0.2, -0.15) is 0 Å². The number of hydrogen-bond acceptors (Lipinski definition) is 0. The fraction of sp³-hybridized carbons (Fsp3) is 0.125. The zero-order valence-corrected chi connectivity index (χ0v) is 9.43. The molecule has 0 spiro atoms. The van der Waals surface area contributed by atoms with Crippen LogP contribution in [0.2, 0.25) is 0 Å². The molecule has 0 aliphatic rings. The lowest BCUT2D eigenvalue weighted by Crippen LogP contribution is -1.87. The summed E-state index contributed by atoms with van der Waals surface area (Å²) in [6.45, 7) is 2.20. The van der Waals surface area contributed by atoms with Crippen LogP contribution in [-0.4, -0.2) is 0 Å². The lowest BCUT2D eigenvalue weighted by Gasteiger charge is -2.05. The zero-order valence-electron chi connectivity index (χ0n) is 9.43. The van der Waals surface area contributed by atoms with Crippen molar-refractivity contribution in [1.29, 1.82) is 0 Å². The molecule has 79 valence electrons. The summed E-state index contributed by atoms with van der Waals surface area (Å²) >= 11 is 0. The van der Waals surface area contributed by atoms with Crippen molar-refractivity contribution in [2.75, 3.05) is 0 Å². The Morgan fingerprint density at radius 2 is 1.69 bits per heavy atom. The first-order chi connectivity index (χ1) is 7.86. The molecule has 0 N–H and O–H groups in total. The molecule has 0 aromatic heterocycles. The molecule has 16 heavy (non-hydrogen) atoms. The lowest BCUT2D eigenvalue weighted by molar-refractivity contribution is 0.973. The van der Waals surface area contributed by atoms with Crippen molar-refractivity contribution in [3.05, 3.63) is 77.9 Å². The van der Waals surface area contributed by atoms with Crippen LogP contribution in [-0.2, 0) is 0 Å². The highest BCUT2D eigenvalue weighted by Gasteiger charge is 1.98. The second kappa shape index (κ2) is 5.32. The molecule has 0 saturated carbocycles.